The Hall–Kier alpha value is -0.710. The summed E-state index contributed by atoms with van der Waals surface area (Å²) in [5.74, 6) is 1.78. The summed E-state index contributed by atoms with van der Waals surface area (Å²) in [6.07, 6.45) is 4.12. The second kappa shape index (κ2) is 3.70. The molecule has 0 aromatic heterocycles. The summed E-state index contributed by atoms with van der Waals surface area (Å²) in [6.45, 7) is 4.08. The molecule has 0 bridgehead atoms. The summed E-state index contributed by atoms with van der Waals surface area (Å²) < 4.78 is 12.3. The number of ether oxygens (including phenoxy) is 2. The molecule has 3 heteroatoms. The molecule has 1 aromatic carbocycles. The fraction of sp³-hybridized carbons (Fsp3) is 0.333. The van der Waals surface area contributed by atoms with E-state index in [0.29, 0.717) is 0 Å². The van der Waals surface area contributed by atoms with Crippen LogP contribution in [-0.2, 0) is 0 Å². The van der Waals surface area contributed by atoms with Gasteiger partial charge in [-0.05, 0) is 60.7 Å². The van der Waals surface area contributed by atoms with Crippen molar-refractivity contribution in [1.29, 1.82) is 0 Å². The normalized spacial score (nSPS) is 16.8. The van der Waals surface area contributed by atoms with Gasteiger partial charge in [-0.25, -0.2) is 0 Å². The van der Waals surface area contributed by atoms with Gasteiger partial charge in [0.1, 0.15) is 17.1 Å². The van der Waals surface area contributed by atoms with Crippen LogP contribution in [0.3, 0.4) is 0 Å². The van der Waals surface area contributed by atoms with Gasteiger partial charge in [0, 0.05) is 0 Å². The third-order valence-electron chi connectivity index (χ3n) is 2.34. The Balaban J connectivity index is 2.56. The zero-order valence-corrected chi connectivity index (χ0v) is 11.2. The number of hydrogen-bond acceptors (Lipinski definition) is 2. The number of methoxy groups -OCH3 is 1. The predicted octanol–water partition coefficient (Wildman–Crippen LogP) is 3.48. The van der Waals surface area contributed by atoms with E-state index in [1.54, 1.807) is 7.11 Å². The lowest BCUT2D eigenvalue weighted by Crippen LogP contribution is -2.27. The van der Waals surface area contributed by atoms with Gasteiger partial charge < -0.3 is 9.47 Å². The highest BCUT2D eigenvalue weighted by Gasteiger charge is 2.24. The molecule has 0 spiro atoms. The predicted molar refractivity (Wildman–Crippen MR) is 69.5 cm³/mol. The van der Waals surface area contributed by atoms with Crippen LogP contribution >= 0.6 is 22.6 Å². The molecule has 80 valence electrons. The van der Waals surface area contributed by atoms with E-state index in [1.807, 2.05) is 32.1 Å². The van der Waals surface area contributed by atoms with Gasteiger partial charge in [-0.3, -0.25) is 0 Å². The number of fused-ring (bicyclic) bond motifs is 1. The molecule has 0 saturated carbocycles. The van der Waals surface area contributed by atoms with Crippen LogP contribution in [0.25, 0.3) is 6.08 Å². The minimum absolute atomic E-state index is 0.231. The Morgan fingerprint density at radius 1 is 1.33 bits per heavy atom. The fourth-order valence-electron chi connectivity index (χ4n) is 1.61. The molecule has 0 radical (unpaired) electrons. The standard InChI is InChI=1S/C12H13IO2/c1-12(2)7-6-8-10(15-12)5-4-9(13)11(8)14-3/h4-7H,1-3H3. The van der Waals surface area contributed by atoms with Crippen molar-refractivity contribution in [2.75, 3.05) is 7.11 Å². The molecular weight excluding hydrogens is 303 g/mol. The minimum Gasteiger partial charge on any atom is -0.495 e. The van der Waals surface area contributed by atoms with Crippen molar-refractivity contribution < 1.29 is 9.47 Å². The lowest BCUT2D eigenvalue weighted by atomic mass is 10.0. The van der Waals surface area contributed by atoms with Crippen LogP contribution in [0.4, 0.5) is 0 Å². The van der Waals surface area contributed by atoms with Crippen molar-refractivity contribution in [3.05, 3.63) is 27.3 Å². The minimum atomic E-state index is -0.231. The van der Waals surface area contributed by atoms with Crippen LogP contribution in [0.15, 0.2) is 18.2 Å². The topological polar surface area (TPSA) is 18.5 Å². The van der Waals surface area contributed by atoms with Crippen molar-refractivity contribution in [2.45, 2.75) is 19.4 Å². The van der Waals surface area contributed by atoms with Crippen LogP contribution in [-0.4, -0.2) is 12.7 Å². The van der Waals surface area contributed by atoms with Gasteiger partial charge in [-0.15, -0.1) is 0 Å². The highest BCUT2D eigenvalue weighted by molar-refractivity contribution is 14.1. The van der Waals surface area contributed by atoms with Crippen LogP contribution in [0.1, 0.15) is 19.4 Å². The highest BCUT2D eigenvalue weighted by atomic mass is 127. The van der Waals surface area contributed by atoms with Crippen LogP contribution in [0.2, 0.25) is 0 Å². The van der Waals surface area contributed by atoms with E-state index in [0.717, 1.165) is 20.6 Å². The molecule has 0 fully saturated rings. The number of halogens is 1. The van der Waals surface area contributed by atoms with Gasteiger partial charge in [0.15, 0.2) is 0 Å². The molecule has 2 rings (SSSR count). The molecule has 1 heterocycles. The Bertz CT molecular complexity index is 422. The average molecular weight is 316 g/mol. The molecule has 2 nitrogen and oxygen atoms in total. The van der Waals surface area contributed by atoms with Gasteiger partial charge in [0.25, 0.3) is 0 Å². The van der Waals surface area contributed by atoms with Crippen LogP contribution < -0.4 is 9.47 Å². The monoisotopic (exact) mass is 316 g/mol. The zero-order chi connectivity index (χ0) is 11.1. The van der Waals surface area contributed by atoms with E-state index >= 15 is 0 Å². The molecule has 15 heavy (non-hydrogen) atoms. The average Bonchev–Trinajstić information content (AvgIpc) is 2.17. The zero-order valence-electron chi connectivity index (χ0n) is 9.00. The molecule has 0 unspecified atom stereocenters. The van der Waals surface area contributed by atoms with Crippen molar-refractivity contribution in [3.8, 4) is 11.5 Å². The Kier molecular flexibility index (Phi) is 2.66. The van der Waals surface area contributed by atoms with Crippen molar-refractivity contribution in [3.63, 3.8) is 0 Å². The Labute approximate surface area is 103 Å². The lowest BCUT2D eigenvalue weighted by Gasteiger charge is -2.28. The smallest absolute Gasteiger partial charge is 0.143 e. The molecular formula is C12H13IO2. The maximum absolute atomic E-state index is 5.85. The fourth-order valence-corrected chi connectivity index (χ4v) is 2.30. The first kappa shape index (κ1) is 10.8. The van der Waals surface area contributed by atoms with Gasteiger partial charge in [-0.2, -0.15) is 0 Å². The second-order valence-electron chi connectivity index (χ2n) is 4.03. The first-order chi connectivity index (χ1) is 7.03. The molecule has 0 N–H and O–H groups in total. The molecule has 0 saturated heterocycles. The third kappa shape index (κ3) is 1.97. The summed E-state index contributed by atoms with van der Waals surface area (Å²) in [6, 6.07) is 4.00. The van der Waals surface area contributed by atoms with Gasteiger partial charge in [-0.1, -0.05) is 0 Å². The number of rotatable bonds is 1. The van der Waals surface area contributed by atoms with E-state index < -0.39 is 0 Å². The number of benzene rings is 1. The lowest BCUT2D eigenvalue weighted by molar-refractivity contribution is 0.158. The van der Waals surface area contributed by atoms with E-state index in [2.05, 4.69) is 28.7 Å². The van der Waals surface area contributed by atoms with Gasteiger partial charge >= 0.3 is 0 Å². The Morgan fingerprint density at radius 2 is 2.07 bits per heavy atom. The summed E-state index contributed by atoms with van der Waals surface area (Å²) >= 11 is 2.26. The van der Waals surface area contributed by atoms with E-state index in [1.165, 1.54) is 0 Å². The van der Waals surface area contributed by atoms with Crippen molar-refractivity contribution >= 4 is 28.7 Å². The largest absolute Gasteiger partial charge is 0.495 e. The van der Waals surface area contributed by atoms with Crippen molar-refractivity contribution in [1.82, 2.24) is 0 Å². The maximum Gasteiger partial charge on any atom is 0.143 e. The molecule has 1 aromatic rings. The third-order valence-corrected chi connectivity index (χ3v) is 3.19. The summed E-state index contributed by atoms with van der Waals surface area (Å²) in [5.41, 5.74) is 0.800. The van der Waals surface area contributed by atoms with Crippen LogP contribution in [0.5, 0.6) is 11.5 Å². The summed E-state index contributed by atoms with van der Waals surface area (Å²) in [4.78, 5) is 0. The SMILES string of the molecule is COc1c(I)ccc2c1C=CC(C)(C)O2. The van der Waals surface area contributed by atoms with E-state index in [9.17, 15) is 0 Å². The number of hydrogen-bond donors (Lipinski definition) is 0. The molecule has 1 aliphatic rings. The summed E-state index contributed by atoms with van der Waals surface area (Å²) in [5, 5.41) is 0. The second-order valence-corrected chi connectivity index (χ2v) is 5.19. The molecule has 0 atom stereocenters. The Morgan fingerprint density at radius 3 is 2.73 bits per heavy atom. The quantitative estimate of drug-likeness (QED) is 0.739. The molecule has 0 amide bonds. The van der Waals surface area contributed by atoms with Crippen LogP contribution in [0, 0.1) is 3.57 Å². The highest BCUT2D eigenvalue weighted by Crippen LogP contribution is 2.39. The first-order valence-corrected chi connectivity index (χ1v) is 5.86. The van der Waals surface area contributed by atoms with E-state index in [4.69, 9.17) is 9.47 Å². The first-order valence-electron chi connectivity index (χ1n) is 4.78. The van der Waals surface area contributed by atoms with Crippen molar-refractivity contribution in [2.24, 2.45) is 0 Å². The maximum atomic E-state index is 5.85. The van der Waals surface area contributed by atoms with E-state index in [-0.39, 0.29) is 5.60 Å². The summed E-state index contributed by atoms with van der Waals surface area (Å²) in [7, 11) is 1.69. The van der Waals surface area contributed by atoms with Gasteiger partial charge in [0.05, 0.1) is 16.2 Å². The molecule has 0 aliphatic carbocycles. The molecule has 1 aliphatic heterocycles. The van der Waals surface area contributed by atoms with Gasteiger partial charge in [0.2, 0.25) is 0 Å².